The van der Waals surface area contributed by atoms with Crippen LogP contribution >= 0.6 is 11.8 Å². The van der Waals surface area contributed by atoms with Gasteiger partial charge in [0.1, 0.15) is 6.04 Å². The van der Waals surface area contributed by atoms with Gasteiger partial charge < -0.3 is 35.0 Å². The number of carbonyl (C=O) groups is 4. The molecule has 0 radical (unpaired) electrons. The molecule has 1 aliphatic heterocycles. The first-order valence-corrected chi connectivity index (χ1v) is 27.4. The molecule has 4 amide bonds. The van der Waals surface area contributed by atoms with E-state index in [0.29, 0.717) is 30.8 Å². The zero-order valence-corrected chi connectivity index (χ0v) is 46.4. The van der Waals surface area contributed by atoms with Crippen molar-refractivity contribution in [3.8, 4) is 0 Å². The first-order chi connectivity index (χ1) is 34.9. The number of hydrogen-bond acceptors (Lipinski definition) is 9. The molecule has 73 heavy (non-hydrogen) atoms. The van der Waals surface area contributed by atoms with Crippen LogP contribution in [-0.2, 0) is 33.4 Å². The predicted octanol–water partition coefficient (Wildman–Crippen LogP) is 8.97. The third kappa shape index (κ3) is 14.4. The van der Waals surface area contributed by atoms with Crippen LogP contribution in [0.25, 0.3) is 0 Å². The van der Waals surface area contributed by atoms with E-state index >= 15 is 0 Å². The zero-order chi connectivity index (χ0) is 53.4. The number of nitrogens with zero attached hydrogens (tertiary/aromatic N) is 3. The minimum Gasteiger partial charge on any atom is -0.386 e. The number of likely N-dealkylation sites (N-methyl/N-ethyl adjacent to an activating group) is 2. The number of methoxy groups -OCH3 is 2. The lowest BCUT2D eigenvalue weighted by molar-refractivity contribution is -0.148. The smallest absolute Gasteiger partial charge is 0.245 e. The first-order valence-electron chi connectivity index (χ1n) is 26.4. The van der Waals surface area contributed by atoms with Crippen molar-refractivity contribution < 1.29 is 33.8 Å². The summed E-state index contributed by atoms with van der Waals surface area (Å²) in [6, 6.07) is 38.2. The summed E-state index contributed by atoms with van der Waals surface area (Å²) in [7, 11) is 6.89. The van der Waals surface area contributed by atoms with E-state index in [1.807, 2.05) is 99.9 Å². The highest BCUT2D eigenvalue weighted by atomic mass is 32.2. The average molecular weight is 1020 g/mol. The van der Waals surface area contributed by atoms with Crippen molar-refractivity contribution in [2.45, 2.75) is 134 Å². The predicted molar refractivity (Wildman–Crippen MR) is 295 cm³/mol. The second kappa shape index (κ2) is 28.0. The van der Waals surface area contributed by atoms with Gasteiger partial charge in [-0.3, -0.25) is 24.1 Å². The number of likely N-dealkylation sites (tertiary alicyclic amines) is 1. The van der Waals surface area contributed by atoms with Gasteiger partial charge in [0.2, 0.25) is 23.6 Å². The fourth-order valence-electron chi connectivity index (χ4n) is 10.9. The summed E-state index contributed by atoms with van der Waals surface area (Å²) in [5.74, 6) is -1.14. The van der Waals surface area contributed by atoms with E-state index in [9.17, 15) is 24.3 Å². The van der Waals surface area contributed by atoms with Gasteiger partial charge in [0, 0.05) is 40.1 Å². The lowest BCUT2D eigenvalue weighted by Crippen LogP contribution is -2.60. The Bertz CT molecular complexity index is 2210. The standard InChI is InChI=1S/C60H85N5O7S/c1-13-42(6)54(50(71-11)39-51(66)65-36-26-35-49(65)56(72-12)43(7)57(68)61-44(8)55(67)45-27-18-14-19-28-45)64(10)59(70)52(40(2)3)62-58(69)53(41(4)5)63(9)37-38-73-60(46-29-20-15-21-30-46,47-31-22-16-23-32-47)48-33-24-17-25-34-48/h14-25,27-34,40-44,49-50,52-56,67H,13,26,35-39H2,1-12H3,(H,61,68)(H,62,69)/t42-,43+,44+,49?,50+,52?,53?,54-,55+,56+/m0/s1. The Balaban J connectivity index is 1.28. The van der Waals surface area contributed by atoms with Crippen LogP contribution in [0.2, 0.25) is 0 Å². The highest BCUT2D eigenvalue weighted by molar-refractivity contribution is 8.00. The fraction of sp³-hybridized carbons (Fsp3) is 0.533. The monoisotopic (exact) mass is 1020 g/mol. The first kappa shape index (κ1) is 58.8. The molecule has 3 N–H and O–H groups in total. The average Bonchev–Trinajstić information content (AvgIpc) is 3.89. The molecule has 1 aliphatic rings. The Labute approximate surface area is 441 Å². The molecule has 4 aromatic rings. The summed E-state index contributed by atoms with van der Waals surface area (Å²) in [6.45, 7) is 16.8. The number of carbonyl (C=O) groups excluding carboxylic acids is 4. The van der Waals surface area contributed by atoms with Crippen molar-refractivity contribution in [1.82, 2.24) is 25.3 Å². The SMILES string of the molecule is CC[C@H](C)[C@@H]([C@@H](CC(=O)N1CCCC1[C@H](OC)[C@@H](C)C(=O)N[C@H](C)[C@@H](O)c1ccccc1)OC)N(C)C(=O)C(NC(=O)C(C(C)C)N(C)CCSC(c1ccccc1)(c1ccccc1)c1ccccc1)C(C)C. The molecule has 0 aromatic heterocycles. The van der Waals surface area contributed by atoms with Gasteiger partial charge in [0.05, 0.1) is 59.6 Å². The van der Waals surface area contributed by atoms with E-state index in [-0.39, 0.29) is 53.8 Å². The van der Waals surface area contributed by atoms with Gasteiger partial charge in [0.15, 0.2) is 0 Å². The van der Waals surface area contributed by atoms with Crippen molar-refractivity contribution in [1.29, 1.82) is 0 Å². The Morgan fingerprint density at radius 2 is 1.26 bits per heavy atom. The van der Waals surface area contributed by atoms with Crippen LogP contribution in [0.3, 0.4) is 0 Å². The largest absolute Gasteiger partial charge is 0.386 e. The van der Waals surface area contributed by atoms with Crippen LogP contribution in [0, 0.1) is 23.7 Å². The number of amides is 4. The van der Waals surface area contributed by atoms with E-state index in [2.05, 4.69) is 102 Å². The molecule has 13 heteroatoms. The van der Waals surface area contributed by atoms with Crippen LogP contribution in [0.1, 0.15) is 109 Å². The minimum absolute atomic E-state index is 0.00791. The number of ether oxygens (including phenoxy) is 2. The summed E-state index contributed by atoms with van der Waals surface area (Å²) < 4.78 is 11.7. The molecule has 10 atom stereocenters. The maximum Gasteiger partial charge on any atom is 0.245 e. The molecular weight excluding hydrogens is 935 g/mol. The molecule has 12 nitrogen and oxygen atoms in total. The lowest BCUT2D eigenvalue weighted by Gasteiger charge is -2.41. The van der Waals surface area contributed by atoms with Crippen molar-refractivity contribution in [3.63, 3.8) is 0 Å². The Hall–Kier alpha value is -5.05. The molecule has 1 heterocycles. The van der Waals surface area contributed by atoms with Crippen LogP contribution in [0.15, 0.2) is 121 Å². The van der Waals surface area contributed by atoms with Gasteiger partial charge >= 0.3 is 0 Å². The van der Waals surface area contributed by atoms with Gasteiger partial charge in [-0.1, -0.05) is 176 Å². The van der Waals surface area contributed by atoms with Gasteiger partial charge in [-0.05, 0) is 66.8 Å². The molecule has 1 fully saturated rings. The molecule has 0 aliphatic carbocycles. The molecule has 0 spiro atoms. The van der Waals surface area contributed by atoms with Crippen LogP contribution < -0.4 is 10.6 Å². The maximum absolute atomic E-state index is 14.9. The van der Waals surface area contributed by atoms with Crippen molar-refractivity contribution in [3.05, 3.63) is 144 Å². The highest BCUT2D eigenvalue weighted by Gasteiger charge is 2.44. The van der Waals surface area contributed by atoms with Gasteiger partial charge in [-0.25, -0.2) is 0 Å². The maximum atomic E-state index is 14.9. The van der Waals surface area contributed by atoms with Crippen LogP contribution in [0.4, 0.5) is 0 Å². The fourth-order valence-corrected chi connectivity index (χ4v) is 12.5. The molecule has 1 saturated heterocycles. The normalized spacial score (nSPS) is 17.8. The molecule has 398 valence electrons. The van der Waals surface area contributed by atoms with Crippen molar-refractivity contribution in [2.24, 2.45) is 23.7 Å². The Kier molecular flexibility index (Phi) is 22.6. The molecule has 0 bridgehead atoms. The van der Waals surface area contributed by atoms with Crippen LogP contribution in [0.5, 0.6) is 0 Å². The van der Waals surface area contributed by atoms with Crippen molar-refractivity contribution >= 4 is 35.4 Å². The highest BCUT2D eigenvalue weighted by Crippen LogP contribution is 2.48. The number of benzene rings is 4. The van der Waals surface area contributed by atoms with E-state index in [4.69, 9.17) is 9.47 Å². The molecular formula is C60H85N5O7S. The second-order valence-corrected chi connectivity index (χ2v) is 22.1. The lowest BCUT2D eigenvalue weighted by atomic mass is 9.84. The number of nitrogens with one attached hydrogen (secondary N) is 2. The second-order valence-electron chi connectivity index (χ2n) is 20.8. The van der Waals surface area contributed by atoms with E-state index in [1.165, 1.54) is 16.7 Å². The van der Waals surface area contributed by atoms with E-state index < -0.39 is 53.1 Å². The van der Waals surface area contributed by atoms with Gasteiger partial charge in [-0.15, -0.1) is 11.8 Å². The summed E-state index contributed by atoms with van der Waals surface area (Å²) in [5, 5.41) is 17.1. The van der Waals surface area contributed by atoms with Gasteiger partial charge in [-0.2, -0.15) is 0 Å². The summed E-state index contributed by atoms with van der Waals surface area (Å²) >= 11 is 1.85. The molecule has 4 aromatic carbocycles. The molecule has 3 unspecified atom stereocenters. The Morgan fingerprint density at radius 3 is 1.73 bits per heavy atom. The number of rotatable bonds is 27. The number of hydrogen-bond donors (Lipinski definition) is 3. The number of thioether (sulfide) groups is 1. The number of aliphatic hydroxyl groups is 1. The quantitative estimate of drug-likeness (QED) is 0.0500. The molecule has 5 rings (SSSR count). The summed E-state index contributed by atoms with van der Waals surface area (Å²) in [5.41, 5.74) is 4.23. The number of aliphatic hydroxyl groups excluding tert-OH is 1. The summed E-state index contributed by atoms with van der Waals surface area (Å²) in [4.78, 5) is 63.3. The Morgan fingerprint density at radius 1 is 0.740 bits per heavy atom. The van der Waals surface area contributed by atoms with Crippen molar-refractivity contribution in [2.75, 3.05) is 47.2 Å². The van der Waals surface area contributed by atoms with E-state index in [0.717, 1.165) is 12.8 Å². The minimum atomic E-state index is -0.892. The van der Waals surface area contributed by atoms with Crippen LogP contribution in [-0.4, -0.2) is 133 Å². The molecule has 0 saturated carbocycles. The zero-order valence-electron chi connectivity index (χ0n) is 45.6. The third-order valence-corrected chi connectivity index (χ3v) is 16.7. The van der Waals surface area contributed by atoms with Gasteiger partial charge in [0.25, 0.3) is 0 Å². The topological polar surface area (TPSA) is 141 Å². The third-order valence-electron chi connectivity index (χ3n) is 15.2. The van der Waals surface area contributed by atoms with E-state index in [1.54, 1.807) is 40.0 Å². The summed E-state index contributed by atoms with van der Waals surface area (Å²) in [6.07, 6.45) is -0.0241.